The van der Waals surface area contributed by atoms with E-state index in [1.165, 1.54) is 10.4 Å². The fourth-order valence-electron chi connectivity index (χ4n) is 2.20. The summed E-state index contributed by atoms with van der Waals surface area (Å²) in [6, 6.07) is 10.1. The molecule has 0 aliphatic carbocycles. The average Bonchev–Trinajstić information content (AvgIpc) is 3.03. The van der Waals surface area contributed by atoms with Crippen LogP contribution in [0, 0.1) is 0 Å². The summed E-state index contributed by atoms with van der Waals surface area (Å²) in [4.78, 5) is 5.50. The van der Waals surface area contributed by atoms with Gasteiger partial charge in [0.2, 0.25) is 0 Å². The molecule has 2 rings (SSSR count). The number of hydrogen-bond acceptors (Lipinski definition) is 4. The van der Waals surface area contributed by atoms with Crippen molar-refractivity contribution in [3.63, 3.8) is 0 Å². The van der Waals surface area contributed by atoms with Crippen LogP contribution in [0.1, 0.15) is 10.4 Å². The Morgan fingerprint density at radius 1 is 1.12 bits per heavy atom. The molecule has 0 spiro atoms. The second-order valence-corrected chi connectivity index (χ2v) is 7.55. The van der Waals surface area contributed by atoms with Gasteiger partial charge in [0.25, 0.3) is 0 Å². The zero-order chi connectivity index (χ0) is 17.4. The van der Waals surface area contributed by atoms with E-state index in [1.807, 2.05) is 18.2 Å². The summed E-state index contributed by atoms with van der Waals surface area (Å²) in [6.07, 6.45) is 0.867. The van der Waals surface area contributed by atoms with Gasteiger partial charge in [-0.05, 0) is 52.2 Å². The number of halogens is 2. The Hall–Kier alpha value is -1.000. The minimum absolute atomic E-state index is 0. The van der Waals surface area contributed by atoms with Crippen LogP contribution in [0.5, 0.6) is 11.5 Å². The van der Waals surface area contributed by atoms with Gasteiger partial charge in [-0.25, -0.2) is 0 Å². The van der Waals surface area contributed by atoms with Gasteiger partial charge < -0.3 is 20.1 Å². The SMILES string of the molecule is CN=C(NCCc1ccc(OC)c(OC)c1)NCc1ccc(Br)s1.I. The Morgan fingerprint density at radius 2 is 1.88 bits per heavy atom. The van der Waals surface area contributed by atoms with E-state index in [4.69, 9.17) is 9.47 Å². The minimum Gasteiger partial charge on any atom is -0.493 e. The molecule has 0 amide bonds. The number of thiophene rings is 1. The molecule has 0 saturated heterocycles. The summed E-state index contributed by atoms with van der Waals surface area (Å²) < 4.78 is 11.7. The van der Waals surface area contributed by atoms with Crippen molar-refractivity contribution in [2.24, 2.45) is 4.99 Å². The van der Waals surface area contributed by atoms with E-state index in [1.54, 1.807) is 32.6 Å². The third kappa shape index (κ3) is 7.02. The Kier molecular flexibility index (Phi) is 10.2. The van der Waals surface area contributed by atoms with Gasteiger partial charge in [-0.1, -0.05) is 6.07 Å². The number of hydrogen-bond donors (Lipinski definition) is 2. The van der Waals surface area contributed by atoms with E-state index in [2.05, 4.69) is 43.7 Å². The van der Waals surface area contributed by atoms with Gasteiger partial charge in [0.1, 0.15) is 0 Å². The zero-order valence-electron chi connectivity index (χ0n) is 14.5. The molecule has 1 heterocycles. The molecule has 0 saturated carbocycles. The summed E-state index contributed by atoms with van der Waals surface area (Å²) in [5.74, 6) is 2.29. The number of nitrogens with zero attached hydrogens (tertiary/aromatic N) is 1. The van der Waals surface area contributed by atoms with Crippen molar-refractivity contribution >= 4 is 57.2 Å². The highest BCUT2D eigenvalue weighted by molar-refractivity contribution is 14.0. The van der Waals surface area contributed by atoms with Crippen molar-refractivity contribution < 1.29 is 9.47 Å². The summed E-state index contributed by atoms with van der Waals surface area (Å²) in [7, 11) is 5.06. The molecule has 2 aromatic rings. The van der Waals surface area contributed by atoms with Crippen LogP contribution in [-0.4, -0.2) is 33.8 Å². The Bertz CT molecular complexity index is 694. The topological polar surface area (TPSA) is 54.9 Å². The number of benzene rings is 1. The first kappa shape index (κ1) is 22.0. The monoisotopic (exact) mass is 539 g/mol. The molecule has 8 heteroatoms. The van der Waals surface area contributed by atoms with Gasteiger partial charge in [-0.2, -0.15) is 0 Å². The van der Waals surface area contributed by atoms with Crippen molar-refractivity contribution in [1.29, 1.82) is 0 Å². The third-order valence-electron chi connectivity index (χ3n) is 3.44. The fourth-order valence-corrected chi connectivity index (χ4v) is 3.62. The molecule has 25 heavy (non-hydrogen) atoms. The molecule has 1 aromatic carbocycles. The molecular weight excluding hydrogens is 517 g/mol. The lowest BCUT2D eigenvalue weighted by molar-refractivity contribution is 0.354. The Labute approximate surface area is 178 Å². The predicted molar refractivity (Wildman–Crippen MR) is 119 cm³/mol. The largest absolute Gasteiger partial charge is 0.493 e. The second-order valence-electron chi connectivity index (χ2n) is 5.00. The normalized spacial score (nSPS) is 10.8. The summed E-state index contributed by atoms with van der Waals surface area (Å²) in [6.45, 7) is 1.54. The molecule has 0 bridgehead atoms. The minimum atomic E-state index is 0. The van der Waals surface area contributed by atoms with Crippen molar-refractivity contribution in [2.45, 2.75) is 13.0 Å². The fraction of sp³-hybridized carbons (Fsp3) is 0.353. The van der Waals surface area contributed by atoms with Crippen LogP contribution in [0.4, 0.5) is 0 Å². The lowest BCUT2D eigenvalue weighted by Gasteiger charge is -2.12. The molecular formula is C17H23BrIN3O2S. The van der Waals surface area contributed by atoms with Gasteiger partial charge in [-0.3, -0.25) is 4.99 Å². The van der Waals surface area contributed by atoms with Crippen molar-refractivity contribution in [1.82, 2.24) is 10.6 Å². The van der Waals surface area contributed by atoms with Gasteiger partial charge in [0, 0.05) is 18.5 Å². The van der Waals surface area contributed by atoms with E-state index in [0.717, 1.165) is 40.8 Å². The molecule has 0 aliphatic rings. The maximum absolute atomic E-state index is 5.33. The number of aliphatic imine (C=N–C) groups is 1. The van der Waals surface area contributed by atoms with Crippen LogP contribution in [0.25, 0.3) is 0 Å². The molecule has 0 atom stereocenters. The van der Waals surface area contributed by atoms with Crippen LogP contribution in [-0.2, 0) is 13.0 Å². The maximum Gasteiger partial charge on any atom is 0.191 e. The van der Waals surface area contributed by atoms with E-state index in [-0.39, 0.29) is 24.0 Å². The van der Waals surface area contributed by atoms with Gasteiger partial charge in [-0.15, -0.1) is 35.3 Å². The molecule has 138 valence electrons. The van der Waals surface area contributed by atoms with Crippen molar-refractivity contribution in [3.05, 3.63) is 44.6 Å². The van der Waals surface area contributed by atoms with Gasteiger partial charge in [0.15, 0.2) is 17.5 Å². The van der Waals surface area contributed by atoms with Gasteiger partial charge in [0.05, 0.1) is 24.6 Å². The van der Waals surface area contributed by atoms with Crippen molar-refractivity contribution in [2.75, 3.05) is 27.8 Å². The Balaban J connectivity index is 0.00000312. The number of guanidine groups is 1. The van der Waals surface area contributed by atoms with Crippen molar-refractivity contribution in [3.8, 4) is 11.5 Å². The molecule has 0 fully saturated rings. The standard InChI is InChI=1S/C17H22BrN3O2S.HI/c1-19-17(21-11-13-5-7-16(18)24-13)20-9-8-12-4-6-14(22-2)15(10-12)23-3;/h4-7,10H,8-9,11H2,1-3H3,(H2,19,20,21);1H. The molecule has 2 N–H and O–H groups in total. The van der Waals surface area contributed by atoms with Crippen LogP contribution in [0.3, 0.4) is 0 Å². The molecule has 0 radical (unpaired) electrons. The van der Waals surface area contributed by atoms with Gasteiger partial charge >= 0.3 is 0 Å². The number of ether oxygens (including phenoxy) is 2. The first-order chi connectivity index (χ1) is 11.7. The van der Waals surface area contributed by atoms with Crippen LogP contribution >= 0.6 is 51.2 Å². The molecule has 0 aliphatic heterocycles. The first-order valence-corrected chi connectivity index (χ1v) is 9.17. The maximum atomic E-state index is 5.33. The van der Waals surface area contributed by atoms with Crippen LogP contribution in [0.2, 0.25) is 0 Å². The van der Waals surface area contributed by atoms with E-state index in [9.17, 15) is 0 Å². The number of rotatable bonds is 7. The number of nitrogens with one attached hydrogen (secondary N) is 2. The summed E-state index contributed by atoms with van der Waals surface area (Å²) >= 11 is 5.19. The highest BCUT2D eigenvalue weighted by Crippen LogP contribution is 2.27. The Morgan fingerprint density at radius 3 is 2.48 bits per heavy atom. The zero-order valence-corrected chi connectivity index (χ0v) is 19.2. The summed E-state index contributed by atoms with van der Waals surface area (Å²) in [5.41, 5.74) is 1.18. The third-order valence-corrected chi connectivity index (χ3v) is 5.06. The van der Waals surface area contributed by atoms with E-state index >= 15 is 0 Å². The quantitative estimate of drug-likeness (QED) is 0.316. The highest BCUT2D eigenvalue weighted by Gasteiger charge is 2.05. The smallest absolute Gasteiger partial charge is 0.191 e. The second kappa shape index (κ2) is 11.6. The number of methoxy groups -OCH3 is 2. The average molecular weight is 540 g/mol. The lowest BCUT2D eigenvalue weighted by Crippen LogP contribution is -2.37. The highest BCUT2D eigenvalue weighted by atomic mass is 127. The lowest BCUT2D eigenvalue weighted by atomic mass is 10.1. The summed E-state index contributed by atoms with van der Waals surface area (Å²) in [5, 5.41) is 6.63. The molecule has 0 unspecified atom stereocenters. The molecule has 5 nitrogen and oxygen atoms in total. The molecule has 1 aromatic heterocycles. The van der Waals surface area contributed by atoms with Crippen LogP contribution < -0.4 is 20.1 Å². The van der Waals surface area contributed by atoms with E-state index < -0.39 is 0 Å². The van der Waals surface area contributed by atoms with E-state index in [0.29, 0.717) is 0 Å². The van der Waals surface area contributed by atoms with Crippen LogP contribution in [0.15, 0.2) is 39.1 Å². The predicted octanol–water partition coefficient (Wildman–Crippen LogP) is 4.05. The first-order valence-electron chi connectivity index (χ1n) is 7.56.